The number of hydrogen-bond acceptors (Lipinski definition) is 2. The summed E-state index contributed by atoms with van der Waals surface area (Å²) in [5.41, 5.74) is 6.86. The summed E-state index contributed by atoms with van der Waals surface area (Å²) in [5, 5.41) is 0. The molecule has 0 unspecified atom stereocenters. The molecule has 0 atom stereocenters. The molecule has 0 bridgehead atoms. The standard InChI is InChI=1S/C15H23NO/c16-10-4-8-13-7-3-9-15(11-13)17-12-14-5-1-2-6-14/h3,7,9,11,14H,1-2,4-6,8,10,12,16H2. The molecule has 1 aliphatic rings. The smallest absolute Gasteiger partial charge is 0.119 e. The van der Waals surface area contributed by atoms with Crippen molar-refractivity contribution in [3.8, 4) is 5.75 Å². The normalized spacial score (nSPS) is 16.3. The van der Waals surface area contributed by atoms with Gasteiger partial charge < -0.3 is 10.5 Å². The molecule has 0 saturated heterocycles. The molecule has 1 saturated carbocycles. The molecule has 2 N–H and O–H groups in total. The molecule has 1 aliphatic carbocycles. The van der Waals surface area contributed by atoms with Crippen LogP contribution < -0.4 is 10.5 Å². The molecule has 17 heavy (non-hydrogen) atoms. The van der Waals surface area contributed by atoms with E-state index in [9.17, 15) is 0 Å². The minimum Gasteiger partial charge on any atom is -0.493 e. The van der Waals surface area contributed by atoms with Crippen molar-refractivity contribution in [2.45, 2.75) is 38.5 Å². The molecular weight excluding hydrogens is 210 g/mol. The lowest BCUT2D eigenvalue weighted by atomic mass is 10.1. The van der Waals surface area contributed by atoms with Crippen LogP contribution in [-0.4, -0.2) is 13.2 Å². The number of rotatable bonds is 6. The third kappa shape index (κ3) is 4.04. The zero-order valence-electron chi connectivity index (χ0n) is 10.5. The van der Waals surface area contributed by atoms with Gasteiger partial charge in [-0.3, -0.25) is 0 Å². The van der Waals surface area contributed by atoms with Gasteiger partial charge in [-0.15, -0.1) is 0 Å². The Morgan fingerprint density at radius 3 is 2.82 bits per heavy atom. The summed E-state index contributed by atoms with van der Waals surface area (Å²) in [6, 6.07) is 8.44. The molecule has 94 valence electrons. The predicted molar refractivity (Wildman–Crippen MR) is 71.3 cm³/mol. The van der Waals surface area contributed by atoms with Crippen LogP contribution in [0.2, 0.25) is 0 Å². The summed E-state index contributed by atoms with van der Waals surface area (Å²) >= 11 is 0. The molecule has 0 heterocycles. The van der Waals surface area contributed by atoms with Crippen molar-refractivity contribution in [3.05, 3.63) is 29.8 Å². The second-order valence-electron chi connectivity index (χ2n) is 5.00. The molecule has 1 aromatic carbocycles. The highest BCUT2D eigenvalue weighted by Gasteiger charge is 2.15. The van der Waals surface area contributed by atoms with Crippen LogP contribution in [0.5, 0.6) is 5.75 Å². The number of hydrogen-bond donors (Lipinski definition) is 1. The Hall–Kier alpha value is -1.02. The minimum absolute atomic E-state index is 0.757. The van der Waals surface area contributed by atoms with Gasteiger partial charge in [0.2, 0.25) is 0 Å². The van der Waals surface area contributed by atoms with Crippen molar-refractivity contribution in [2.75, 3.05) is 13.2 Å². The van der Waals surface area contributed by atoms with Crippen LogP contribution in [0, 0.1) is 5.92 Å². The fraction of sp³-hybridized carbons (Fsp3) is 0.600. The lowest BCUT2D eigenvalue weighted by Crippen LogP contribution is -2.08. The van der Waals surface area contributed by atoms with E-state index in [0.717, 1.165) is 37.7 Å². The molecule has 0 aromatic heterocycles. The fourth-order valence-electron chi connectivity index (χ4n) is 2.49. The van der Waals surface area contributed by atoms with E-state index in [1.54, 1.807) is 0 Å². The van der Waals surface area contributed by atoms with E-state index in [0.29, 0.717) is 0 Å². The van der Waals surface area contributed by atoms with E-state index in [1.807, 2.05) is 0 Å². The van der Waals surface area contributed by atoms with Crippen molar-refractivity contribution >= 4 is 0 Å². The van der Waals surface area contributed by atoms with Crippen LogP contribution in [0.3, 0.4) is 0 Å². The van der Waals surface area contributed by atoms with E-state index >= 15 is 0 Å². The van der Waals surface area contributed by atoms with Gasteiger partial charge in [-0.05, 0) is 55.8 Å². The molecule has 0 spiro atoms. The maximum atomic E-state index is 5.88. The Morgan fingerprint density at radius 1 is 1.24 bits per heavy atom. The largest absolute Gasteiger partial charge is 0.493 e. The average molecular weight is 233 g/mol. The van der Waals surface area contributed by atoms with Crippen LogP contribution >= 0.6 is 0 Å². The van der Waals surface area contributed by atoms with Gasteiger partial charge >= 0.3 is 0 Å². The molecular formula is C15H23NO. The van der Waals surface area contributed by atoms with Gasteiger partial charge in [0.25, 0.3) is 0 Å². The first-order chi connectivity index (χ1) is 8.38. The van der Waals surface area contributed by atoms with E-state index < -0.39 is 0 Å². The SMILES string of the molecule is NCCCc1cccc(OCC2CCCC2)c1. The highest BCUT2D eigenvalue weighted by atomic mass is 16.5. The summed E-state index contributed by atoms with van der Waals surface area (Å²) in [4.78, 5) is 0. The first-order valence-electron chi connectivity index (χ1n) is 6.80. The van der Waals surface area contributed by atoms with Crippen molar-refractivity contribution < 1.29 is 4.74 Å². The summed E-state index contributed by atoms with van der Waals surface area (Å²) < 4.78 is 5.88. The van der Waals surface area contributed by atoms with E-state index in [1.165, 1.54) is 31.2 Å². The van der Waals surface area contributed by atoms with Gasteiger partial charge in [0.15, 0.2) is 0 Å². The molecule has 2 nitrogen and oxygen atoms in total. The lowest BCUT2D eigenvalue weighted by molar-refractivity contribution is 0.252. The molecule has 1 fully saturated rings. The number of ether oxygens (including phenoxy) is 1. The third-order valence-corrected chi connectivity index (χ3v) is 3.53. The van der Waals surface area contributed by atoms with E-state index in [2.05, 4.69) is 24.3 Å². The highest BCUT2D eigenvalue weighted by Crippen LogP contribution is 2.25. The van der Waals surface area contributed by atoms with E-state index in [4.69, 9.17) is 10.5 Å². The zero-order valence-corrected chi connectivity index (χ0v) is 10.5. The monoisotopic (exact) mass is 233 g/mol. The van der Waals surface area contributed by atoms with Gasteiger partial charge in [0.05, 0.1) is 6.61 Å². The maximum absolute atomic E-state index is 5.88. The quantitative estimate of drug-likeness (QED) is 0.819. The molecule has 1 aromatic rings. The van der Waals surface area contributed by atoms with Gasteiger partial charge in [-0.25, -0.2) is 0 Å². The molecule has 2 rings (SSSR count). The van der Waals surface area contributed by atoms with Crippen molar-refractivity contribution in [1.29, 1.82) is 0 Å². The second kappa shape index (κ2) is 6.65. The molecule has 2 heteroatoms. The number of nitrogens with two attached hydrogens (primary N) is 1. The predicted octanol–water partition coefficient (Wildman–Crippen LogP) is 3.15. The van der Waals surface area contributed by atoms with Crippen molar-refractivity contribution in [2.24, 2.45) is 11.7 Å². The Morgan fingerprint density at radius 2 is 2.06 bits per heavy atom. The summed E-state index contributed by atoms with van der Waals surface area (Å²) in [6.07, 6.45) is 7.54. The minimum atomic E-state index is 0.757. The van der Waals surface area contributed by atoms with Crippen molar-refractivity contribution in [1.82, 2.24) is 0 Å². The van der Waals surface area contributed by atoms with Crippen LogP contribution in [0.25, 0.3) is 0 Å². The van der Waals surface area contributed by atoms with Gasteiger partial charge in [-0.1, -0.05) is 25.0 Å². The van der Waals surface area contributed by atoms with Crippen LogP contribution in [0.4, 0.5) is 0 Å². The van der Waals surface area contributed by atoms with Crippen LogP contribution in [0.15, 0.2) is 24.3 Å². The number of benzene rings is 1. The van der Waals surface area contributed by atoms with Crippen molar-refractivity contribution in [3.63, 3.8) is 0 Å². The summed E-state index contributed by atoms with van der Waals surface area (Å²) in [6.45, 7) is 1.65. The van der Waals surface area contributed by atoms with Crippen LogP contribution in [-0.2, 0) is 6.42 Å². The van der Waals surface area contributed by atoms with Crippen LogP contribution in [0.1, 0.15) is 37.7 Å². The topological polar surface area (TPSA) is 35.2 Å². The first-order valence-corrected chi connectivity index (χ1v) is 6.80. The Kier molecular flexibility index (Phi) is 4.87. The molecule has 0 aliphatic heterocycles. The van der Waals surface area contributed by atoms with Gasteiger partial charge in [-0.2, -0.15) is 0 Å². The second-order valence-corrected chi connectivity index (χ2v) is 5.00. The Labute approximate surface area is 104 Å². The molecule has 0 radical (unpaired) electrons. The summed E-state index contributed by atoms with van der Waals surface area (Å²) in [5.74, 6) is 1.80. The fourth-order valence-corrected chi connectivity index (χ4v) is 2.49. The Bertz CT molecular complexity index is 331. The summed E-state index contributed by atoms with van der Waals surface area (Å²) in [7, 11) is 0. The first kappa shape index (κ1) is 12.4. The zero-order chi connectivity index (χ0) is 11.9. The van der Waals surface area contributed by atoms with Gasteiger partial charge in [0.1, 0.15) is 5.75 Å². The third-order valence-electron chi connectivity index (χ3n) is 3.53. The maximum Gasteiger partial charge on any atom is 0.119 e. The molecule has 0 amide bonds. The lowest BCUT2D eigenvalue weighted by Gasteiger charge is -2.12. The average Bonchev–Trinajstić information content (AvgIpc) is 2.87. The van der Waals surface area contributed by atoms with E-state index in [-0.39, 0.29) is 0 Å². The van der Waals surface area contributed by atoms with Gasteiger partial charge in [0, 0.05) is 0 Å². The Balaban J connectivity index is 1.82. The highest BCUT2D eigenvalue weighted by molar-refractivity contribution is 5.28. The number of aryl methyl sites for hydroxylation is 1.